The molecule has 0 radical (unpaired) electrons. The van der Waals surface area contributed by atoms with Gasteiger partial charge in [-0.2, -0.15) is 10.5 Å². The minimum Gasteiger partial charge on any atom is -0.493 e. The molecular weight excluding hydrogens is 344 g/mol. The molecule has 1 aromatic heterocycles. The number of nitrogens with two attached hydrogens (primary N) is 1. The molecular formula is C17H15ClN4O3. The molecule has 0 saturated carbocycles. The Balaban J connectivity index is 2.85. The molecule has 7 nitrogen and oxygen atoms in total. The van der Waals surface area contributed by atoms with Crippen molar-refractivity contribution in [1.29, 1.82) is 10.5 Å². The third kappa shape index (κ3) is 3.37. The molecule has 128 valence electrons. The fourth-order valence-electron chi connectivity index (χ4n) is 2.35. The normalized spacial score (nSPS) is 10.2. The first kappa shape index (κ1) is 18.2. The maximum absolute atomic E-state index is 12.0. The number of hydrogen-bond acceptors (Lipinski definition) is 6. The molecule has 0 aliphatic carbocycles. The lowest BCUT2D eigenvalue weighted by molar-refractivity contribution is 0.230. The summed E-state index contributed by atoms with van der Waals surface area (Å²) in [7, 11) is 1.44. The van der Waals surface area contributed by atoms with Gasteiger partial charge in [-0.05, 0) is 31.5 Å². The fourth-order valence-corrected chi connectivity index (χ4v) is 2.60. The fraction of sp³-hybridized carbons (Fsp3) is 0.235. The Labute approximate surface area is 149 Å². The van der Waals surface area contributed by atoms with E-state index in [1.54, 1.807) is 12.1 Å². The van der Waals surface area contributed by atoms with Gasteiger partial charge in [0.1, 0.15) is 29.1 Å². The van der Waals surface area contributed by atoms with Gasteiger partial charge in [-0.25, -0.2) is 0 Å². The number of halogens is 1. The average molecular weight is 359 g/mol. The maximum Gasteiger partial charge on any atom is 0.268 e. The SMILES string of the molecule is COc1cc(-c2c(C#N)c(N)[nH]c(=O)c2C#N)cc(Cl)c1OC(C)C. The van der Waals surface area contributed by atoms with E-state index >= 15 is 0 Å². The zero-order valence-electron chi connectivity index (χ0n) is 13.8. The van der Waals surface area contributed by atoms with Crippen LogP contribution in [0.5, 0.6) is 11.5 Å². The van der Waals surface area contributed by atoms with E-state index in [4.69, 9.17) is 26.8 Å². The van der Waals surface area contributed by atoms with Crippen molar-refractivity contribution in [1.82, 2.24) is 4.98 Å². The van der Waals surface area contributed by atoms with Gasteiger partial charge < -0.3 is 20.2 Å². The summed E-state index contributed by atoms with van der Waals surface area (Å²) >= 11 is 6.29. The van der Waals surface area contributed by atoms with Gasteiger partial charge >= 0.3 is 0 Å². The van der Waals surface area contributed by atoms with Crippen molar-refractivity contribution in [2.45, 2.75) is 20.0 Å². The van der Waals surface area contributed by atoms with Crippen molar-refractivity contribution in [2.24, 2.45) is 0 Å². The smallest absolute Gasteiger partial charge is 0.268 e. The summed E-state index contributed by atoms with van der Waals surface area (Å²) in [5.74, 6) is 0.514. The number of nitrogen functional groups attached to an aromatic ring is 1. The number of anilines is 1. The van der Waals surface area contributed by atoms with Crippen LogP contribution in [-0.2, 0) is 0 Å². The predicted molar refractivity (Wildman–Crippen MR) is 93.7 cm³/mol. The van der Waals surface area contributed by atoms with Gasteiger partial charge in [-0.15, -0.1) is 0 Å². The number of nitriles is 2. The summed E-state index contributed by atoms with van der Waals surface area (Å²) in [6.07, 6.45) is -0.142. The summed E-state index contributed by atoms with van der Waals surface area (Å²) in [5.41, 5.74) is 5.23. The first-order chi connectivity index (χ1) is 11.8. The third-order valence-corrected chi connectivity index (χ3v) is 3.62. The quantitative estimate of drug-likeness (QED) is 0.865. The number of methoxy groups -OCH3 is 1. The van der Waals surface area contributed by atoms with Gasteiger partial charge in [-0.3, -0.25) is 4.79 Å². The third-order valence-electron chi connectivity index (χ3n) is 3.34. The second-order valence-corrected chi connectivity index (χ2v) is 5.78. The van der Waals surface area contributed by atoms with E-state index in [1.165, 1.54) is 13.2 Å². The lowest BCUT2D eigenvalue weighted by Crippen LogP contribution is -2.16. The minimum atomic E-state index is -0.688. The Morgan fingerprint density at radius 2 is 1.88 bits per heavy atom. The highest BCUT2D eigenvalue weighted by Crippen LogP contribution is 2.41. The zero-order valence-corrected chi connectivity index (χ0v) is 14.6. The molecule has 0 aliphatic heterocycles. The molecule has 0 unspecified atom stereocenters. The number of aromatic amines is 1. The van der Waals surface area contributed by atoms with Crippen molar-refractivity contribution in [3.8, 4) is 34.8 Å². The molecule has 8 heteroatoms. The number of nitrogens with one attached hydrogen (secondary N) is 1. The second-order valence-electron chi connectivity index (χ2n) is 5.37. The number of hydrogen-bond donors (Lipinski definition) is 2. The molecule has 0 spiro atoms. The molecule has 25 heavy (non-hydrogen) atoms. The molecule has 2 aromatic rings. The number of ether oxygens (including phenoxy) is 2. The highest BCUT2D eigenvalue weighted by Gasteiger charge is 2.21. The van der Waals surface area contributed by atoms with Crippen LogP contribution in [0.4, 0.5) is 5.82 Å². The number of H-pyrrole nitrogens is 1. The second kappa shape index (κ2) is 7.16. The van der Waals surface area contributed by atoms with Crippen LogP contribution in [0.2, 0.25) is 5.02 Å². The van der Waals surface area contributed by atoms with Crippen LogP contribution in [-0.4, -0.2) is 18.2 Å². The van der Waals surface area contributed by atoms with Crippen LogP contribution < -0.4 is 20.8 Å². The number of aromatic nitrogens is 1. The number of rotatable bonds is 4. The zero-order chi connectivity index (χ0) is 18.7. The maximum atomic E-state index is 12.0. The number of nitrogens with zero attached hydrogens (tertiary/aromatic N) is 2. The van der Waals surface area contributed by atoms with Crippen LogP contribution >= 0.6 is 11.6 Å². The largest absolute Gasteiger partial charge is 0.493 e. The summed E-state index contributed by atoms with van der Waals surface area (Å²) in [4.78, 5) is 14.3. The summed E-state index contributed by atoms with van der Waals surface area (Å²) in [6, 6.07) is 6.75. The molecule has 0 amide bonds. The monoisotopic (exact) mass is 358 g/mol. The first-order valence-electron chi connectivity index (χ1n) is 7.24. The highest BCUT2D eigenvalue weighted by atomic mass is 35.5. The van der Waals surface area contributed by atoms with Gasteiger partial charge in [0.15, 0.2) is 11.5 Å². The number of benzene rings is 1. The molecule has 0 atom stereocenters. The van der Waals surface area contributed by atoms with E-state index in [9.17, 15) is 15.3 Å². The van der Waals surface area contributed by atoms with E-state index in [1.807, 2.05) is 19.9 Å². The van der Waals surface area contributed by atoms with E-state index in [2.05, 4.69) is 4.98 Å². The van der Waals surface area contributed by atoms with Crippen molar-refractivity contribution in [3.63, 3.8) is 0 Å². The van der Waals surface area contributed by atoms with Crippen molar-refractivity contribution in [2.75, 3.05) is 12.8 Å². The van der Waals surface area contributed by atoms with Crippen LogP contribution in [0, 0.1) is 22.7 Å². The van der Waals surface area contributed by atoms with Crippen molar-refractivity contribution < 1.29 is 9.47 Å². The van der Waals surface area contributed by atoms with Gasteiger partial charge in [0.05, 0.1) is 18.2 Å². The average Bonchev–Trinajstić information content (AvgIpc) is 2.55. The lowest BCUT2D eigenvalue weighted by atomic mass is 9.96. The molecule has 2 rings (SSSR count). The topological polar surface area (TPSA) is 125 Å². The summed E-state index contributed by atoms with van der Waals surface area (Å²) in [5, 5.41) is 18.9. The Bertz CT molecular complexity index is 968. The van der Waals surface area contributed by atoms with E-state index < -0.39 is 5.56 Å². The standard InChI is InChI=1S/C17H15ClN4O3/c1-8(2)25-15-12(18)4-9(5-13(15)24-3)14-10(6-19)16(21)22-17(23)11(14)7-20/h4-5,8H,1-3H3,(H3,21,22,23). The predicted octanol–water partition coefficient (Wildman–Crippen LogP) is 2.82. The molecule has 0 bridgehead atoms. The molecule has 0 fully saturated rings. The van der Waals surface area contributed by atoms with E-state index in [-0.39, 0.29) is 33.6 Å². The lowest BCUT2D eigenvalue weighted by Gasteiger charge is -2.17. The van der Waals surface area contributed by atoms with Gasteiger partial charge in [0.2, 0.25) is 0 Å². The van der Waals surface area contributed by atoms with Crippen molar-refractivity contribution >= 4 is 17.4 Å². The Morgan fingerprint density at radius 1 is 1.24 bits per heavy atom. The molecule has 1 heterocycles. The van der Waals surface area contributed by atoms with Gasteiger partial charge in [0.25, 0.3) is 5.56 Å². The Hall–Kier alpha value is -3.16. The van der Waals surface area contributed by atoms with Crippen LogP contribution in [0.3, 0.4) is 0 Å². The summed E-state index contributed by atoms with van der Waals surface area (Å²) < 4.78 is 10.9. The Kier molecular flexibility index (Phi) is 5.21. The van der Waals surface area contributed by atoms with Gasteiger partial charge in [-0.1, -0.05) is 11.6 Å². The molecule has 3 N–H and O–H groups in total. The highest BCUT2D eigenvalue weighted by molar-refractivity contribution is 6.32. The van der Waals surface area contributed by atoms with Gasteiger partial charge in [0, 0.05) is 5.56 Å². The molecule has 1 aromatic carbocycles. The van der Waals surface area contributed by atoms with Crippen LogP contribution in [0.15, 0.2) is 16.9 Å². The molecule has 0 saturated heterocycles. The Morgan fingerprint density at radius 3 is 2.40 bits per heavy atom. The summed E-state index contributed by atoms with van der Waals surface area (Å²) in [6.45, 7) is 3.67. The molecule has 0 aliphatic rings. The minimum absolute atomic E-state index is 0.0215. The van der Waals surface area contributed by atoms with Crippen LogP contribution in [0.1, 0.15) is 25.0 Å². The van der Waals surface area contributed by atoms with E-state index in [0.717, 1.165) is 0 Å². The van der Waals surface area contributed by atoms with E-state index in [0.29, 0.717) is 17.1 Å². The first-order valence-corrected chi connectivity index (χ1v) is 7.62. The van der Waals surface area contributed by atoms with Crippen molar-refractivity contribution in [3.05, 3.63) is 38.6 Å². The number of pyridine rings is 1. The van der Waals surface area contributed by atoms with Crippen LogP contribution in [0.25, 0.3) is 11.1 Å².